The number of rotatable bonds is 5. The lowest BCUT2D eigenvalue weighted by molar-refractivity contribution is -0.137. The Labute approximate surface area is 153 Å². The molecule has 0 aliphatic carbocycles. The van der Waals surface area contributed by atoms with Crippen molar-refractivity contribution in [1.82, 2.24) is 9.62 Å². The van der Waals surface area contributed by atoms with Gasteiger partial charge in [0.25, 0.3) is 0 Å². The molecule has 1 saturated heterocycles. The Bertz CT molecular complexity index is 862. The normalized spacial score (nSPS) is 16.3. The smallest absolute Gasteiger partial charge is 0.245 e. The zero-order valence-electron chi connectivity index (χ0n) is 14.6. The second kappa shape index (κ2) is 7.99. The van der Waals surface area contributed by atoms with Crippen molar-refractivity contribution in [3.05, 3.63) is 65.7 Å². The summed E-state index contributed by atoms with van der Waals surface area (Å²) in [5.41, 5.74) is 1.24. The summed E-state index contributed by atoms with van der Waals surface area (Å²) in [5, 5.41) is 0. The van der Waals surface area contributed by atoms with Crippen LogP contribution in [0.3, 0.4) is 0 Å². The summed E-state index contributed by atoms with van der Waals surface area (Å²) in [6, 6.07) is 14.7. The Morgan fingerprint density at radius 1 is 1.04 bits per heavy atom. The number of morpholine rings is 1. The van der Waals surface area contributed by atoms with Crippen LogP contribution < -0.4 is 4.72 Å². The predicted molar refractivity (Wildman–Crippen MR) is 98.1 cm³/mol. The van der Waals surface area contributed by atoms with Crippen molar-refractivity contribution in [1.29, 1.82) is 0 Å². The first-order valence-corrected chi connectivity index (χ1v) is 9.97. The van der Waals surface area contributed by atoms with Crippen molar-refractivity contribution in [3.63, 3.8) is 0 Å². The minimum absolute atomic E-state index is 0.177. The van der Waals surface area contributed by atoms with Gasteiger partial charge in [0, 0.05) is 13.1 Å². The van der Waals surface area contributed by atoms with Gasteiger partial charge in [0.15, 0.2) is 0 Å². The molecule has 6 nitrogen and oxygen atoms in total. The topological polar surface area (TPSA) is 75.7 Å². The van der Waals surface area contributed by atoms with Gasteiger partial charge < -0.3 is 9.64 Å². The molecule has 1 N–H and O–H groups in total. The van der Waals surface area contributed by atoms with E-state index in [4.69, 9.17) is 4.74 Å². The molecule has 3 rings (SSSR count). The standard InChI is InChI=1S/C19H22N2O4S/c1-15-7-5-6-10-17(15)26(23,24)20-18(16-8-3-2-4-9-16)19(22)21-11-13-25-14-12-21/h2-10,18,20H,11-14H2,1H3/t18-/m0/s1. The van der Waals surface area contributed by atoms with Gasteiger partial charge in [-0.2, -0.15) is 4.72 Å². The van der Waals surface area contributed by atoms with E-state index in [1.807, 2.05) is 6.07 Å². The van der Waals surface area contributed by atoms with Crippen molar-refractivity contribution < 1.29 is 17.9 Å². The number of nitrogens with zero attached hydrogens (tertiary/aromatic N) is 1. The summed E-state index contributed by atoms with van der Waals surface area (Å²) in [6.07, 6.45) is 0. The molecule has 1 heterocycles. The number of amides is 1. The highest BCUT2D eigenvalue weighted by Crippen LogP contribution is 2.22. The van der Waals surface area contributed by atoms with Crippen LogP contribution in [0.2, 0.25) is 0 Å². The van der Waals surface area contributed by atoms with E-state index in [0.717, 1.165) is 0 Å². The molecule has 1 atom stereocenters. The third-order valence-corrected chi connectivity index (χ3v) is 5.94. The van der Waals surface area contributed by atoms with E-state index < -0.39 is 16.1 Å². The first kappa shape index (κ1) is 18.6. The second-order valence-electron chi connectivity index (χ2n) is 6.17. The Kier molecular flexibility index (Phi) is 5.70. The van der Waals surface area contributed by atoms with Gasteiger partial charge in [-0.1, -0.05) is 48.5 Å². The largest absolute Gasteiger partial charge is 0.378 e. The zero-order chi connectivity index (χ0) is 18.6. The van der Waals surface area contributed by atoms with E-state index in [9.17, 15) is 13.2 Å². The number of hydrogen-bond acceptors (Lipinski definition) is 4. The van der Waals surface area contributed by atoms with Gasteiger partial charge in [-0.15, -0.1) is 0 Å². The van der Waals surface area contributed by atoms with Crippen LogP contribution >= 0.6 is 0 Å². The maximum atomic E-state index is 13.0. The molecule has 1 amide bonds. The Hall–Kier alpha value is -2.22. The average Bonchev–Trinajstić information content (AvgIpc) is 2.67. The van der Waals surface area contributed by atoms with Crippen LogP contribution in [-0.2, 0) is 19.6 Å². The van der Waals surface area contributed by atoms with E-state index in [-0.39, 0.29) is 10.8 Å². The number of carbonyl (C=O) groups excluding carboxylic acids is 1. The molecule has 0 radical (unpaired) electrons. The van der Waals surface area contributed by atoms with Crippen molar-refractivity contribution in [2.24, 2.45) is 0 Å². The van der Waals surface area contributed by atoms with E-state index >= 15 is 0 Å². The third-order valence-electron chi connectivity index (χ3n) is 4.36. The summed E-state index contributed by atoms with van der Waals surface area (Å²) in [4.78, 5) is 14.9. The molecule has 0 saturated carbocycles. The fourth-order valence-corrected chi connectivity index (χ4v) is 4.37. The number of nitrogens with one attached hydrogen (secondary N) is 1. The molecule has 0 spiro atoms. The third kappa shape index (κ3) is 4.12. The van der Waals surface area contributed by atoms with E-state index in [2.05, 4.69) is 4.72 Å². The summed E-state index contributed by atoms with van der Waals surface area (Å²) in [7, 11) is -3.85. The molecular formula is C19H22N2O4S. The minimum Gasteiger partial charge on any atom is -0.378 e. The van der Waals surface area contributed by atoms with E-state index in [1.165, 1.54) is 0 Å². The SMILES string of the molecule is Cc1ccccc1S(=O)(=O)N[C@H](C(=O)N1CCOCC1)c1ccccc1. The lowest BCUT2D eigenvalue weighted by Crippen LogP contribution is -2.47. The molecule has 2 aromatic rings. The Morgan fingerprint density at radius 2 is 1.65 bits per heavy atom. The second-order valence-corrected chi connectivity index (χ2v) is 7.85. The molecule has 7 heteroatoms. The van der Waals surface area contributed by atoms with Crippen molar-refractivity contribution >= 4 is 15.9 Å². The number of sulfonamides is 1. The molecule has 1 fully saturated rings. The van der Waals surface area contributed by atoms with Crippen LogP contribution in [0.4, 0.5) is 0 Å². The van der Waals surface area contributed by atoms with Gasteiger partial charge in [-0.25, -0.2) is 8.42 Å². The fourth-order valence-electron chi connectivity index (χ4n) is 2.95. The predicted octanol–water partition coefficient (Wildman–Crippen LogP) is 1.87. The molecule has 138 valence electrons. The maximum absolute atomic E-state index is 13.0. The molecule has 1 aliphatic heterocycles. The van der Waals surface area contributed by atoms with Crippen LogP contribution in [0.15, 0.2) is 59.5 Å². The molecule has 0 unspecified atom stereocenters. The summed E-state index contributed by atoms with van der Waals surface area (Å²) >= 11 is 0. The highest BCUT2D eigenvalue weighted by Gasteiger charge is 2.31. The molecular weight excluding hydrogens is 352 g/mol. The van der Waals surface area contributed by atoms with E-state index in [0.29, 0.717) is 37.4 Å². The lowest BCUT2D eigenvalue weighted by atomic mass is 10.1. The molecule has 26 heavy (non-hydrogen) atoms. The van der Waals surface area contributed by atoms with Crippen LogP contribution in [0.5, 0.6) is 0 Å². The van der Waals surface area contributed by atoms with Gasteiger partial charge in [0.1, 0.15) is 6.04 Å². The van der Waals surface area contributed by atoms with Crippen molar-refractivity contribution in [2.75, 3.05) is 26.3 Å². The van der Waals surface area contributed by atoms with Gasteiger partial charge in [-0.05, 0) is 24.1 Å². The van der Waals surface area contributed by atoms with Gasteiger partial charge >= 0.3 is 0 Å². The number of carbonyl (C=O) groups is 1. The van der Waals surface area contributed by atoms with Crippen LogP contribution in [0.25, 0.3) is 0 Å². The monoisotopic (exact) mass is 374 g/mol. The minimum atomic E-state index is -3.85. The van der Waals surface area contributed by atoms with E-state index in [1.54, 1.807) is 60.4 Å². The average molecular weight is 374 g/mol. The summed E-state index contributed by atoms with van der Waals surface area (Å²) in [5.74, 6) is -0.267. The zero-order valence-corrected chi connectivity index (χ0v) is 15.4. The number of ether oxygens (including phenoxy) is 1. The first-order chi connectivity index (χ1) is 12.5. The highest BCUT2D eigenvalue weighted by atomic mass is 32.2. The number of benzene rings is 2. The lowest BCUT2D eigenvalue weighted by Gasteiger charge is -2.31. The van der Waals surface area contributed by atoms with Gasteiger partial charge in [-0.3, -0.25) is 4.79 Å². The molecule has 1 aliphatic rings. The Morgan fingerprint density at radius 3 is 2.31 bits per heavy atom. The van der Waals surface area contributed by atoms with Crippen LogP contribution in [-0.4, -0.2) is 45.5 Å². The Balaban J connectivity index is 1.93. The van der Waals surface area contributed by atoms with Crippen LogP contribution in [0, 0.1) is 6.92 Å². The van der Waals surface area contributed by atoms with Gasteiger partial charge in [0.2, 0.25) is 15.9 Å². The van der Waals surface area contributed by atoms with Crippen molar-refractivity contribution in [2.45, 2.75) is 17.9 Å². The van der Waals surface area contributed by atoms with Gasteiger partial charge in [0.05, 0.1) is 18.1 Å². The quantitative estimate of drug-likeness (QED) is 0.867. The summed E-state index contributed by atoms with van der Waals surface area (Å²) in [6.45, 7) is 3.55. The molecule has 2 aromatic carbocycles. The maximum Gasteiger partial charge on any atom is 0.245 e. The molecule has 0 bridgehead atoms. The molecule has 0 aromatic heterocycles. The highest BCUT2D eigenvalue weighted by molar-refractivity contribution is 7.89. The van der Waals surface area contributed by atoms with Crippen LogP contribution in [0.1, 0.15) is 17.2 Å². The number of hydrogen-bond donors (Lipinski definition) is 1. The fraction of sp³-hybridized carbons (Fsp3) is 0.316. The number of aryl methyl sites for hydroxylation is 1. The van der Waals surface area contributed by atoms with Crippen molar-refractivity contribution in [3.8, 4) is 0 Å². The first-order valence-electron chi connectivity index (χ1n) is 8.48. The summed E-state index contributed by atoms with van der Waals surface area (Å²) < 4.78 is 33.7.